The summed E-state index contributed by atoms with van der Waals surface area (Å²) in [6.45, 7) is 0. The smallest absolute Gasteiger partial charge is 0.0794 e. The van der Waals surface area contributed by atoms with Crippen LogP contribution in [0.1, 0.15) is 43.0 Å². The molecule has 3 N–H and O–H groups in total. The largest absolute Gasteiger partial charge is 0.271 e. The monoisotopic (exact) mass is 224 g/mol. The summed E-state index contributed by atoms with van der Waals surface area (Å²) in [5.74, 6) is 5.61. The molecule has 0 amide bonds. The van der Waals surface area contributed by atoms with Crippen molar-refractivity contribution in [3.8, 4) is 0 Å². The fourth-order valence-corrected chi connectivity index (χ4v) is 2.58. The Kier molecular flexibility index (Phi) is 3.82. The number of nitrogens with zero attached hydrogens (tertiary/aromatic N) is 2. The van der Waals surface area contributed by atoms with E-state index in [9.17, 15) is 0 Å². The van der Waals surface area contributed by atoms with Gasteiger partial charge in [-0.2, -0.15) is 0 Å². The van der Waals surface area contributed by atoms with E-state index in [1.807, 2.05) is 0 Å². The van der Waals surface area contributed by atoms with Crippen LogP contribution < -0.4 is 11.3 Å². The maximum Gasteiger partial charge on any atom is 0.0794 e. The molecule has 0 fully saturated rings. The summed E-state index contributed by atoms with van der Waals surface area (Å²) in [5.41, 5.74) is 4.25. The van der Waals surface area contributed by atoms with Crippen molar-refractivity contribution in [1.82, 2.24) is 15.0 Å². The summed E-state index contributed by atoms with van der Waals surface area (Å²) in [4.78, 5) is 1.10. The lowest BCUT2D eigenvalue weighted by molar-refractivity contribution is 0.599. The molecule has 0 saturated carbocycles. The van der Waals surface area contributed by atoms with Crippen LogP contribution in [0.2, 0.25) is 0 Å². The second kappa shape index (κ2) is 5.34. The van der Waals surface area contributed by atoms with Crippen molar-refractivity contribution in [2.24, 2.45) is 5.84 Å². The Morgan fingerprint density at radius 2 is 2.33 bits per heavy atom. The lowest BCUT2D eigenvalue weighted by atomic mass is 10.0. The minimum absolute atomic E-state index is 0.114. The van der Waals surface area contributed by atoms with Crippen molar-refractivity contribution >= 4 is 11.5 Å². The number of nitrogens with two attached hydrogens (primary N) is 1. The van der Waals surface area contributed by atoms with Gasteiger partial charge < -0.3 is 0 Å². The first kappa shape index (κ1) is 10.7. The van der Waals surface area contributed by atoms with Crippen molar-refractivity contribution in [2.75, 3.05) is 0 Å². The van der Waals surface area contributed by atoms with E-state index in [0.29, 0.717) is 0 Å². The van der Waals surface area contributed by atoms with Gasteiger partial charge in [0.2, 0.25) is 0 Å². The topological polar surface area (TPSA) is 63.8 Å². The molecule has 0 aliphatic heterocycles. The number of hydrogen-bond donors (Lipinski definition) is 2. The van der Waals surface area contributed by atoms with Crippen molar-refractivity contribution in [3.63, 3.8) is 0 Å². The molecule has 15 heavy (non-hydrogen) atoms. The lowest BCUT2D eigenvalue weighted by Gasteiger charge is -2.16. The minimum Gasteiger partial charge on any atom is -0.271 e. The van der Waals surface area contributed by atoms with E-state index >= 15 is 0 Å². The highest BCUT2D eigenvalue weighted by atomic mass is 32.1. The SMILES string of the molecule is NNC(C1=CCCCCC1)c1cnns1. The van der Waals surface area contributed by atoms with Crippen molar-refractivity contribution in [1.29, 1.82) is 0 Å². The average Bonchev–Trinajstić information content (AvgIpc) is 2.63. The molecule has 0 radical (unpaired) electrons. The van der Waals surface area contributed by atoms with Gasteiger partial charge in [0.15, 0.2) is 0 Å². The molecule has 4 nitrogen and oxygen atoms in total. The highest BCUT2D eigenvalue weighted by Gasteiger charge is 2.17. The number of nitrogens with one attached hydrogen (secondary N) is 1. The third kappa shape index (κ3) is 2.62. The quantitative estimate of drug-likeness (QED) is 0.468. The third-order valence-electron chi connectivity index (χ3n) is 2.78. The lowest BCUT2D eigenvalue weighted by Crippen LogP contribution is -2.28. The number of aromatic nitrogens is 2. The second-order valence-corrected chi connectivity index (χ2v) is 4.62. The van der Waals surface area contributed by atoms with Gasteiger partial charge in [0.1, 0.15) is 0 Å². The van der Waals surface area contributed by atoms with Crippen LogP contribution in [0, 0.1) is 0 Å². The van der Waals surface area contributed by atoms with Gasteiger partial charge in [-0.15, -0.1) is 5.10 Å². The van der Waals surface area contributed by atoms with E-state index in [1.54, 1.807) is 6.20 Å². The van der Waals surface area contributed by atoms with Gasteiger partial charge in [0, 0.05) is 0 Å². The van der Waals surface area contributed by atoms with Crippen LogP contribution in [-0.2, 0) is 0 Å². The van der Waals surface area contributed by atoms with Crippen LogP contribution in [-0.4, -0.2) is 9.59 Å². The maximum absolute atomic E-state index is 5.61. The van der Waals surface area contributed by atoms with Crippen molar-refractivity contribution < 1.29 is 0 Å². The summed E-state index contributed by atoms with van der Waals surface area (Å²) in [5, 5.41) is 3.86. The Labute approximate surface area is 93.7 Å². The summed E-state index contributed by atoms with van der Waals surface area (Å²) in [6.07, 6.45) is 10.3. The first-order chi connectivity index (χ1) is 7.42. The van der Waals surface area contributed by atoms with E-state index in [1.165, 1.54) is 42.8 Å². The normalized spacial score (nSPS) is 19.4. The van der Waals surface area contributed by atoms with Gasteiger partial charge in [0.25, 0.3) is 0 Å². The van der Waals surface area contributed by atoms with Crippen LogP contribution in [0.15, 0.2) is 17.8 Å². The summed E-state index contributed by atoms with van der Waals surface area (Å²) < 4.78 is 3.88. The minimum atomic E-state index is 0.114. The van der Waals surface area contributed by atoms with Crippen LogP contribution >= 0.6 is 11.5 Å². The van der Waals surface area contributed by atoms with Gasteiger partial charge in [0.05, 0.1) is 17.1 Å². The van der Waals surface area contributed by atoms with E-state index in [-0.39, 0.29) is 6.04 Å². The Morgan fingerprint density at radius 1 is 1.40 bits per heavy atom. The zero-order chi connectivity index (χ0) is 10.5. The summed E-state index contributed by atoms with van der Waals surface area (Å²) >= 11 is 1.41. The van der Waals surface area contributed by atoms with E-state index in [0.717, 1.165) is 11.3 Å². The third-order valence-corrected chi connectivity index (χ3v) is 3.50. The highest BCUT2D eigenvalue weighted by molar-refractivity contribution is 7.05. The van der Waals surface area contributed by atoms with Gasteiger partial charge in [-0.3, -0.25) is 5.84 Å². The van der Waals surface area contributed by atoms with Crippen LogP contribution in [0.25, 0.3) is 0 Å². The first-order valence-corrected chi connectivity index (χ1v) is 6.11. The Balaban J connectivity index is 2.15. The Hall–Kier alpha value is -0.780. The number of rotatable bonds is 3. The van der Waals surface area contributed by atoms with Gasteiger partial charge in [-0.05, 0) is 37.2 Å². The fourth-order valence-electron chi connectivity index (χ4n) is 1.98. The molecule has 1 atom stereocenters. The zero-order valence-electron chi connectivity index (χ0n) is 8.65. The molecule has 1 aromatic rings. The van der Waals surface area contributed by atoms with Gasteiger partial charge in [-0.1, -0.05) is 22.6 Å². The van der Waals surface area contributed by atoms with E-state index in [2.05, 4.69) is 21.1 Å². The first-order valence-electron chi connectivity index (χ1n) is 5.34. The van der Waals surface area contributed by atoms with Crippen molar-refractivity contribution in [2.45, 2.75) is 38.1 Å². The Morgan fingerprint density at radius 3 is 3.07 bits per heavy atom. The molecule has 1 aliphatic rings. The zero-order valence-corrected chi connectivity index (χ0v) is 9.46. The molecule has 82 valence electrons. The van der Waals surface area contributed by atoms with Gasteiger partial charge in [-0.25, -0.2) is 5.43 Å². The molecular weight excluding hydrogens is 208 g/mol. The molecule has 0 saturated heterocycles. The summed E-state index contributed by atoms with van der Waals surface area (Å²) in [6, 6.07) is 0.114. The van der Waals surface area contributed by atoms with Crippen LogP contribution in [0.5, 0.6) is 0 Å². The average molecular weight is 224 g/mol. The summed E-state index contributed by atoms with van der Waals surface area (Å²) in [7, 11) is 0. The standard InChI is InChI=1S/C10H16N4S/c11-13-10(9-7-12-14-15-9)8-5-3-1-2-4-6-8/h5,7,10,13H,1-4,6,11H2. The molecule has 2 rings (SSSR count). The van der Waals surface area contributed by atoms with Gasteiger partial charge >= 0.3 is 0 Å². The second-order valence-electron chi connectivity index (χ2n) is 3.80. The molecule has 1 aliphatic carbocycles. The predicted molar refractivity (Wildman–Crippen MR) is 61.1 cm³/mol. The Bertz CT molecular complexity index is 320. The van der Waals surface area contributed by atoms with Crippen LogP contribution in [0.3, 0.4) is 0 Å². The molecule has 1 heterocycles. The van der Waals surface area contributed by atoms with Crippen molar-refractivity contribution in [3.05, 3.63) is 22.7 Å². The predicted octanol–water partition coefficient (Wildman–Crippen LogP) is 1.93. The van der Waals surface area contributed by atoms with E-state index < -0.39 is 0 Å². The number of allylic oxidation sites excluding steroid dienone is 1. The molecule has 5 heteroatoms. The number of hydrazine groups is 1. The molecule has 0 spiro atoms. The maximum atomic E-state index is 5.61. The molecule has 0 aromatic carbocycles. The number of hydrogen-bond acceptors (Lipinski definition) is 5. The van der Waals surface area contributed by atoms with Crippen LogP contribution in [0.4, 0.5) is 0 Å². The fraction of sp³-hybridized carbons (Fsp3) is 0.600. The highest BCUT2D eigenvalue weighted by Crippen LogP contribution is 2.29. The molecule has 1 aromatic heterocycles. The molecule has 1 unspecified atom stereocenters. The molecular formula is C10H16N4S. The van der Waals surface area contributed by atoms with E-state index in [4.69, 9.17) is 5.84 Å². The molecule has 0 bridgehead atoms.